The maximum absolute atomic E-state index is 5.68. The van der Waals surface area contributed by atoms with E-state index in [1.165, 1.54) is 12.0 Å². The first-order valence-electron chi connectivity index (χ1n) is 6.85. The zero-order valence-corrected chi connectivity index (χ0v) is 12.5. The van der Waals surface area contributed by atoms with Gasteiger partial charge in [0.15, 0.2) is 0 Å². The molecule has 0 saturated heterocycles. The number of rotatable bonds is 5. The van der Waals surface area contributed by atoms with Gasteiger partial charge in [-0.25, -0.2) is 0 Å². The molecular formula is C16H28N2. The lowest BCUT2D eigenvalue weighted by Crippen LogP contribution is -2.39. The van der Waals surface area contributed by atoms with Crippen LogP contribution in [0.2, 0.25) is 0 Å². The quantitative estimate of drug-likeness (QED) is 0.807. The molecule has 0 aromatic heterocycles. The van der Waals surface area contributed by atoms with Crippen LogP contribution in [0.3, 0.4) is 0 Å². The number of benzene rings is 1. The average molecular weight is 248 g/mol. The van der Waals surface area contributed by atoms with Crippen LogP contribution in [0.15, 0.2) is 24.3 Å². The molecule has 1 aromatic rings. The van der Waals surface area contributed by atoms with Gasteiger partial charge in [-0.1, -0.05) is 32.9 Å². The van der Waals surface area contributed by atoms with Crippen LogP contribution < -0.4 is 5.73 Å². The Bertz CT molecular complexity index is 348. The lowest BCUT2D eigenvalue weighted by Gasteiger charge is -2.35. The molecule has 102 valence electrons. The molecule has 0 radical (unpaired) electrons. The molecule has 0 heterocycles. The molecule has 0 aliphatic carbocycles. The van der Waals surface area contributed by atoms with Gasteiger partial charge in [0.2, 0.25) is 0 Å². The van der Waals surface area contributed by atoms with Gasteiger partial charge >= 0.3 is 0 Å². The van der Waals surface area contributed by atoms with Crippen LogP contribution in [-0.4, -0.2) is 24.5 Å². The highest BCUT2D eigenvalue weighted by Crippen LogP contribution is 2.23. The van der Waals surface area contributed by atoms with Crippen LogP contribution in [0.25, 0.3) is 0 Å². The molecule has 2 nitrogen and oxygen atoms in total. The van der Waals surface area contributed by atoms with E-state index in [9.17, 15) is 0 Å². The van der Waals surface area contributed by atoms with Crippen molar-refractivity contribution in [1.29, 1.82) is 0 Å². The Morgan fingerprint density at radius 1 is 1.17 bits per heavy atom. The fourth-order valence-electron chi connectivity index (χ4n) is 2.07. The van der Waals surface area contributed by atoms with Crippen molar-refractivity contribution in [3.8, 4) is 0 Å². The van der Waals surface area contributed by atoms with E-state index in [0.717, 1.165) is 18.7 Å². The minimum absolute atomic E-state index is 0.343. The Morgan fingerprint density at radius 3 is 2.22 bits per heavy atom. The maximum atomic E-state index is 5.68. The van der Waals surface area contributed by atoms with Crippen LogP contribution >= 0.6 is 0 Å². The summed E-state index contributed by atoms with van der Waals surface area (Å²) in [5, 5.41) is 0. The van der Waals surface area contributed by atoms with Crippen molar-refractivity contribution in [2.75, 3.05) is 19.3 Å². The van der Waals surface area contributed by atoms with Gasteiger partial charge in [-0.2, -0.15) is 0 Å². The highest BCUT2D eigenvalue weighted by Gasteiger charge is 2.23. The van der Waals surface area contributed by atoms with E-state index in [1.54, 1.807) is 0 Å². The molecule has 0 aliphatic rings. The highest BCUT2D eigenvalue weighted by molar-refractivity contribution is 5.39. The third kappa shape index (κ3) is 4.69. The first kappa shape index (κ1) is 15.0. The zero-order chi connectivity index (χ0) is 13.8. The molecule has 0 amide bonds. The Balaban J connectivity index is 2.35. The number of nitrogens with two attached hydrogens (primary N) is 1. The fraction of sp³-hybridized carbons (Fsp3) is 0.625. The predicted octanol–water partition coefficient (Wildman–Crippen LogP) is 3.57. The summed E-state index contributed by atoms with van der Waals surface area (Å²) in [5.74, 6) is 0. The van der Waals surface area contributed by atoms with Crippen LogP contribution in [0, 0.1) is 5.41 Å². The van der Waals surface area contributed by atoms with Gasteiger partial charge < -0.3 is 10.6 Å². The summed E-state index contributed by atoms with van der Waals surface area (Å²) in [6.07, 6.45) is 2.32. The van der Waals surface area contributed by atoms with Crippen molar-refractivity contribution in [1.82, 2.24) is 4.90 Å². The van der Waals surface area contributed by atoms with E-state index in [2.05, 4.69) is 51.8 Å². The monoisotopic (exact) mass is 248 g/mol. The van der Waals surface area contributed by atoms with Crippen LogP contribution in [0.1, 0.15) is 39.7 Å². The maximum Gasteiger partial charge on any atom is 0.0314 e. The Kier molecular flexibility index (Phi) is 5.21. The average Bonchev–Trinajstić information content (AvgIpc) is 2.29. The second-order valence-electron chi connectivity index (χ2n) is 6.37. The highest BCUT2D eigenvalue weighted by atomic mass is 15.1. The van der Waals surface area contributed by atoms with E-state index in [0.29, 0.717) is 11.5 Å². The smallest absolute Gasteiger partial charge is 0.0314 e. The van der Waals surface area contributed by atoms with Gasteiger partial charge in [0.25, 0.3) is 0 Å². The van der Waals surface area contributed by atoms with Crippen molar-refractivity contribution < 1.29 is 0 Å². The number of hydrogen-bond acceptors (Lipinski definition) is 2. The van der Waals surface area contributed by atoms with Crippen LogP contribution in [-0.2, 0) is 6.42 Å². The summed E-state index contributed by atoms with van der Waals surface area (Å²) in [6, 6.07) is 8.82. The Hall–Kier alpha value is -1.02. The molecule has 1 unspecified atom stereocenters. The summed E-state index contributed by atoms with van der Waals surface area (Å²) in [7, 11) is 2.22. The number of aryl methyl sites for hydroxylation is 1. The molecule has 1 atom stereocenters. The topological polar surface area (TPSA) is 29.3 Å². The second kappa shape index (κ2) is 6.24. The van der Waals surface area contributed by atoms with Gasteiger partial charge in [0, 0.05) is 11.7 Å². The van der Waals surface area contributed by atoms with E-state index >= 15 is 0 Å². The fourth-order valence-corrected chi connectivity index (χ4v) is 2.07. The number of hydrogen-bond donors (Lipinski definition) is 1. The second-order valence-corrected chi connectivity index (χ2v) is 6.37. The lowest BCUT2D eigenvalue weighted by molar-refractivity contribution is 0.140. The minimum Gasteiger partial charge on any atom is -0.399 e. The molecule has 0 fully saturated rings. The molecule has 0 saturated carbocycles. The molecule has 1 rings (SSSR count). The van der Waals surface area contributed by atoms with Crippen molar-refractivity contribution in [2.45, 2.75) is 46.6 Å². The summed E-state index contributed by atoms with van der Waals surface area (Å²) in [5.41, 5.74) is 8.25. The van der Waals surface area contributed by atoms with Crippen molar-refractivity contribution in [2.24, 2.45) is 5.41 Å². The van der Waals surface area contributed by atoms with E-state index in [1.807, 2.05) is 12.1 Å². The van der Waals surface area contributed by atoms with Gasteiger partial charge in [-0.15, -0.1) is 0 Å². The summed E-state index contributed by atoms with van der Waals surface area (Å²) >= 11 is 0. The summed E-state index contributed by atoms with van der Waals surface area (Å²) in [4.78, 5) is 2.46. The summed E-state index contributed by atoms with van der Waals surface area (Å²) in [6.45, 7) is 10.3. The molecule has 18 heavy (non-hydrogen) atoms. The molecule has 0 spiro atoms. The van der Waals surface area contributed by atoms with Gasteiger partial charge in [0.05, 0.1) is 0 Å². The number of nitrogens with zero attached hydrogens (tertiary/aromatic N) is 1. The van der Waals surface area contributed by atoms with Crippen LogP contribution in [0.5, 0.6) is 0 Å². The summed E-state index contributed by atoms with van der Waals surface area (Å²) < 4.78 is 0. The Labute approximate surface area is 112 Å². The SMILES string of the molecule is CC(N(C)CCCc1ccc(N)cc1)C(C)(C)C. The van der Waals surface area contributed by atoms with E-state index in [4.69, 9.17) is 5.73 Å². The first-order chi connectivity index (χ1) is 8.30. The minimum atomic E-state index is 0.343. The molecule has 2 heteroatoms. The Morgan fingerprint density at radius 2 is 1.72 bits per heavy atom. The third-order valence-corrected chi connectivity index (χ3v) is 3.87. The lowest BCUT2D eigenvalue weighted by atomic mass is 9.87. The third-order valence-electron chi connectivity index (χ3n) is 3.87. The van der Waals surface area contributed by atoms with Crippen molar-refractivity contribution in [3.63, 3.8) is 0 Å². The molecule has 1 aromatic carbocycles. The molecule has 0 aliphatic heterocycles. The standard InChI is InChI=1S/C16H28N2/c1-13(16(2,3)4)18(5)12-6-7-14-8-10-15(17)11-9-14/h8-11,13H,6-7,12,17H2,1-5H3. The molecule has 0 bridgehead atoms. The van der Waals surface area contributed by atoms with Crippen molar-refractivity contribution >= 4 is 5.69 Å². The van der Waals surface area contributed by atoms with Gasteiger partial charge in [-0.05, 0) is 56.5 Å². The zero-order valence-electron chi connectivity index (χ0n) is 12.5. The molecule has 2 N–H and O–H groups in total. The van der Waals surface area contributed by atoms with Crippen molar-refractivity contribution in [3.05, 3.63) is 29.8 Å². The first-order valence-corrected chi connectivity index (χ1v) is 6.85. The van der Waals surface area contributed by atoms with Crippen LogP contribution in [0.4, 0.5) is 5.69 Å². The predicted molar refractivity (Wildman–Crippen MR) is 80.7 cm³/mol. The molecular weight excluding hydrogens is 220 g/mol. The largest absolute Gasteiger partial charge is 0.399 e. The van der Waals surface area contributed by atoms with Gasteiger partial charge in [0.1, 0.15) is 0 Å². The van der Waals surface area contributed by atoms with Gasteiger partial charge in [-0.3, -0.25) is 0 Å². The van der Waals surface area contributed by atoms with E-state index in [-0.39, 0.29) is 0 Å². The number of anilines is 1. The normalized spacial score (nSPS) is 13.9. The van der Waals surface area contributed by atoms with E-state index < -0.39 is 0 Å². The number of nitrogen functional groups attached to an aromatic ring is 1.